The van der Waals surface area contributed by atoms with Crippen LogP contribution in [0.25, 0.3) is 0 Å². The van der Waals surface area contributed by atoms with Crippen molar-refractivity contribution in [3.8, 4) is 5.75 Å². The lowest BCUT2D eigenvalue weighted by atomic mass is 9.90. The Morgan fingerprint density at radius 3 is 2.79 bits per heavy atom. The van der Waals surface area contributed by atoms with Gasteiger partial charge in [-0.25, -0.2) is 4.39 Å². The van der Waals surface area contributed by atoms with Crippen molar-refractivity contribution in [1.29, 1.82) is 0 Å². The lowest BCUT2D eigenvalue weighted by Crippen LogP contribution is -2.34. The Balaban J connectivity index is 1.03. The lowest BCUT2D eigenvalue weighted by Gasteiger charge is -2.30. The van der Waals surface area contributed by atoms with E-state index in [0.29, 0.717) is 35.7 Å². The molecule has 0 spiro atoms. The summed E-state index contributed by atoms with van der Waals surface area (Å²) in [6, 6.07) is 5.62. The molecule has 0 N–H and O–H groups in total. The van der Waals surface area contributed by atoms with Crippen molar-refractivity contribution in [3.05, 3.63) is 47.7 Å². The molecule has 1 saturated heterocycles. The van der Waals surface area contributed by atoms with Crippen LogP contribution in [0.2, 0.25) is 0 Å². The third kappa shape index (κ3) is 5.17. The number of aromatic nitrogens is 4. The Bertz CT molecular complexity index is 1050. The standard InChI is InChI=1S/C24H30FN5O3/c1-15(2)23-27-24(33-29-23)30-8-5-16(6-9-30)20-11-17(20)7-10-31-19-4-3-18(21(25)13-19)12-22-28-26-14-32-22/h3-4,13-17,20H,5-12H2,1-2H3. The molecule has 1 aromatic carbocycles. The van der Waals surface area contributed by atoms with E-state index in [4.69, 9.17) is 13.7 Å². The first-order valence-electron chi connectivity index (χ1n) is 11.8. The normalized spacial score (nSPS) is 21.0. The van der Waals surface area contributed by atoms with Gasteiger partial charge in [-0.05, 0) is 55.1 Å². The highest BCUT2D eigenvalue weighted by molar-refractivity contribution is 5.30. The summed E-state index contributed by atoms with van der Waals surface area (Å²) in [6.45, 7) is 6.70. The average Bonchev–Trinajstić information content (AvgIpc) is 3.17. The van der Waals surface area contributed by atoms with Gasteiger partial charge in [0.25, 0.3) is 0 Å². The second-order valence-electron chi connectivity index (χ2n) is 9.47. The van der Waals surface area contributed by atoms with Gasteiger partial charge in [0.05, 0.1) is 13.0 Å². The fourth-order valence-corrected chi connectivity index (χ4v) is 4.81. The summed E-state index contributed by atoms with van der Waals surface area (Å²) in [6.07, 6.45) is 6.12. The maximum atomic E-state index is 14.4. The van der Waals surface area contributed by atoms with Crippen LogP contribution in [0.3, 0.4) is 0 Å². The van der Waals surface area contributed by atoms with Crippen LogP contribution >= 0.6 is 0 Å². The van der Waals surface area contributed by atoms with Crippen LogP contribution < -0.4 is 9.64 Å². The largest absolute Gasteiger partial charge is 0.493 e. The van der Waals surface area contributed by atoms with Gasteiger partial charge in [0, 0.05) is 25.1 Å². The molecule has 176 valence electrons. The van der Waals surface area contributed by atoms with Gasteiger partial charge in [-0.3, -0.25) is 0 Å². The topological polar surface area (TPSA) is 90.3 Å². The fraction of sp³-hybridized carbons (Fsp3) is 0.583. The van der Waals surface area contributed by atoms with Crippen LogP contribution in [0.15, 0.2) is 33.5 Å². The number of benzene rings is 1. The van der Waals surface area contributed by atoms with Gasteiger partial charge in [-0.15, -0.1) is 10.2 Å². The lowest BCUT2D eigenvalue weighted by molar-refractivity contribution is 0.281. The van der Waals surface area contributed by atoms with E-state index in [1.807, 2.05) is 0 Å². The maximum absolute atomic E-state index is 14.4. The molecule has 0 amide bonds. The fourth-order valence-electron chi connectivity index (χ4n) is 4.81. The number of nitrogens with zero attached hydrogens (tertiary/aromatic N) is 5. The second kappa shape index (κ2) is 9.49. The molecule has 8 nitrogen and oxygen atoms in total. The monoisotopic (exact) mass is 455 g/mol. The van der Waals surface area contributed by atoms with Crippen LogP contribution in [0.4, 0.5) is 10.4 Å². The zero-order chi connectivity index (χ0) is 22.8. The Labute approximate surface area is 192 Å². The van der Waals surface area contributed by atoms with Crippen molar-refractivity contribution < 1.29 is 18.1 Å². The van der Waals surface area contributed by atoms with E-state index < -0.39 is 0 Å². The van der Waals surface area contributed by atoms with Crippen LogP contribution in [-0.2, 0) is 6.42 Å². The summed E-state index contributed by atoms with van der Waals surface area (Å²) < 4.78 is 30.7. The summed E-state index contributed by atoms with van der Waals surface area (Å²) >= 11 is 0. The van der Waals surface area contributed by atoms with Crippen molar-refractivity contribution in [2.45, 2.75) is 51.9 Å². The van der Waals surface area contributed by atoms with Gasteiger partial charge in [0.15, 0.2) is 5.82 Å². The molecule has 2 aromatic heterocycles. The molecule has 3 heterocycles. The first-order chi connectivity index (χ1) is 16.1. The third-order valence-electron chi connectivity index (χ3n) is 6.87. The molecule has 3 aromatic rings. The van der Waals surface area contributed by atoms with Gasteiger partial charge in [0.2, 0.25) is 12.3 Å². The summed E-state index contributed by atoms with van der Waals surface area (Å²) in [5.74, 6) is 3.93. The summed E-state index contributed by atoms with van der Waals surface area (Å²) in [5, 5.41) is 11.5. The average molecular weight is 456 g/mol. The smallest absolute Gasteiger partial charge is 0.324 e. The molecule has 2 unspecified atom stereocenters. The summed E-state index contributed by atoms with van der Waals surface area (Å²) in [5.41, 5.74) is 0.515. The van der Waals surface area contributed by atoms with E-state index in [1.165, 1.54) is 18.9 Å². The van der Waals surface area contributed by atoms with Crippen LogP contribution in [0.5, 0.6) is 5.75 Å². The van der Waals surface area contributed by atoms with E-state index in [9.17, 15) is 4.39 Å². The molecule has 1 saturated carbocycles. The molecule has 9 heteroatoms. The molecule has 5 rings (SSSR count). The highest BCUT2D eigenvalue weighted by atomic mass is 19.1. The predicted octanol–water partition coefficient (Wildman–Crippen LogP) is 4.63. The second-order valence-corrected chi connectivity index (χ2v) is 9.47. The zero-order valence-electron chi connectivity index (χ0n) is 19.1. The van der Waals surface area contributed by atoms with Crippen molar-refractivity contribution in [2.24, 2.45) is 17.8 Å². The van der Waals surface area contributed by atoms with Crippen LogP contribution in [-0.4, -0.2) is 40.0 Å². The number of anilines is 1. The molecule has 33 heavy (non-hydrogen) atoms. The molecule has 1 aliphatic carbocycles. The molecule has 2 atom stereocenters. The summed E-state index contributed by atoms with van der Waals surface area (Å²) in [7, 11) is 0. The predicted molar refractivity (Wildman–Crippen MR) is 119 cm³/mol. The SMILES string of the molecule is CC(C)c1noc(N2CCC(C3CC3CCOc3ccc(Cc4nnco4)c(F)c3)CC2)n1. The highest BCUT2D eigenvalue weighted by Crippen LogP contribution is 2.50. The van der Waals surface area contributed by atoms with Gasteiger partial charge >= 0.3 is 6.01 Å². The third-order valence-corrected chi connectivity index (χ3v) is 6.87. The van der Waals surface area contributed by atoms with Crippen molar-refractivity contribution >= 4 is 6.01 Å². The number of ether oxygens (including phenoxy) is 1. The minimum atomic E-state index is -0.316. The Hall–Kier alpha value is -2.97. The Morgan fingerprint density at radius 1 is 1.24 bits per heavy atom. The molecular formula is C24H30FN5O3. The maximum Gasteiger partial charge on any atom is 0.324 e. The van der Waals surface area contributed by atoms with E-state index in [2.05, 4.69) is 39.1 Å². The van der Waals surface area contributed by atoms with E-state index >= 15 is 0 Å². The van der Waals surface area contributed by atoms with Gasteiger partial charge < -0.3 is 18.6 Å². The molecule has 1 aliphatic heterocycles. The molecule has 0 bridgehead atoms. The Morgan fingerprint density at radius 2 is 2.09 bits per heavy atom. The van der Waals surface area contributed by atoms with Crippen LogP contribution in [0, 0.1) is 23.6 Å². The Kier molecular flexibility index (Phi) is 6.28. The number of hydrogen-bond donors (Lipinski definition) is 0. The number of rotatable bonds is 9. The van der Waals surface area contributed by atoms with Crippen molar-refractivity contribution in [1.82, 2.24) is 20.3 Å². The highest BCUT2D eigenvalue weighted by Gasteiger charge is 2.43. The van der Waals surface area contributed by atoms with E-state index in [1.54, 1.807) is 12.1 Å². The number of hydrogen-bond acceptors (Lipinski definition) is 8. The minimum absolute atomic E-state index is 0.278. The van der Waals surface area contributed by atoms with E-state index in [-0.39, 0.29) is 18.2 Å². The summed E-state index contributed by atoms with van der Waals surface area (Å²) in [4.78, 5) is 6.74. The first kappa shape index (κ1) is 21.9. The van der Waals surface area contributed by atoms with Crippen molar-refractivity contribution in [3.63, 3.8) is 0 Å². The molecule has 2 fully saturated rings. The minimum Gasteiger partial charge on any atom is -0.493 e. The van der Waals surface area contributed by atoms with Gasteiger partial charge in [0.1, 0.15) is 11.6 Å². The van der Waals surface area contributed by atoms with Crippen LogP contribution in [0.1, 0.15) is 62.7 Å². The zero-order valence-corrected chi connectivity index (χ0v) is 19.1. The van der Waals surface area contributed by atoms with Crippen molar-refractivity contribution in [2.75, 3.05) is 24.6 Å². The quantitative estimate of drug-likeness (QED) is 0.461. The number of halogens is 1. The first-order valence-corrected chi connectivity index (χ1v) is 11.8. The molecular weight excluding hydrogens is 425 g/mol. The van der Waals surface area contributed by atoms with E-state index in [0.717, 1.165) is 50.0 Å². The molecule has 0 radical (unpaired) electrons. The number of piperidine rings is 1. The van der Waals surface area contributed by atoms with Gasteiger partial charge in [-0.2, -0.15) is 4.98 Å². The molecule has 2 aliphatic rings. The van der Waals surface area contributed by atoms with Gasteiger partial charge in [-0.1, -0.05) is 25.1 Å².